The fraction of sp³-hybridized carbons (Fsp3) is 0.424. The number of amides is 4. The highest BCUT2D eigenvalue weighted by Crippen LogP contribution is 2.59. The van der Waals surface area contributed by atoms with E-state index in [2.05, 4.69) is 10.3 Å². The Balaban J connectivity index is 1.40. The number of carbonyl (C=O) groups excluding carboxylic acids is 4. The number of thiazole rings is 1. The molecule has 3 N–H and O–H groups in total. The minimum Gasteiger partial charge on any atom is -0.349 e. The molecular formula is C33H38F2N5O7PS2. The number of thiophene rings is 1. The van der Waals surface area contributed by atoms with Gasteiger partial charge in [0, 0.05) is 49.6 Å². The van der Waals surface area contributed by atoms with Gasteiger partial charge in [-0.3, -0.25) is 23.7 Å². The number of fused-ring (bicyclic) bond motifs is 2. The molecule has 1 saturated heterocycles. The van der Waals surface area contributed by atoms with Crippen molar-refractivity contribution in [2.75, 3.05) is 32.1 Å². The molecule has 0 spiro atoms. The van der Waals surface area contributed by atoms with Gasteiger partial charge in [0.15, 0.2) is 0 Å². The van der Waals surface area contributed by atoms with Gasteiger partial charge in [-0.25, -0.2) is 4.98 Å². The van der Waals surface area contributed by atoms with Gasteiger partial charge in [0.05, 0.1) is 20.6 Å². The van der Waals surface area contributed by atoms with Gasteiger partial charge in [-0.05, 0) is 60.0 Å². The molecular weight excluding hydrogens is 711 g/mol. The van der Waals surface area contributed by atoms with Crippen molar-refractivity contribution in [2.24, 2.45) is 5.41 Å². The van der Waals surface area contributed by atoms with Gasteiger partial charge in [0.25, 0.3) is 5.91 Å². The van der Waals surface area contributed by atoms with E-state index < -0.39 is 48.1 Å². The first-order chi connectivity index (χ1) is 23.3. The molecule has 12 nitrogen and oxygen atoms in total. The first kappa shape index (κ1) is 37.4. The number of nitrogens with one attached hydrogen (secondary N) is 1. The third-order valence-electron chi connectivity index (χ3n) is 8.60. The number of likely N-dealkylation sites (tertiary alicyclic amines) is 1. The lowest BCUT2D eigenvalue weighted by Crippen LogP contribution is -2.58. The van der Waals surface area contributed by atoms with E-state index in [1.807, 2.05) is 6.07 Å². The van der Waals surface area contributed by atoms with Crippen molar-refractivity contribution in [3.63, 3.8) is 0 Å². The van der Waals surface area contributed by atoms with Crippen LogP contribution in [0.4, 0.5) is 14.5 Å². The SMILES string of the molecule is CN(C)C(=O)CCN(C(=O)C1CCCN1C(=O)C(NC(=O)c1cc2cc(C(F)(F)P(=O)(O)O)ccc2s1)C(C)(C)C)c1ccc2scnc2c1. The quantitative estimate of drug-likeness (QED) is 0.182. The maximum atomic E-state index is 14.4. The van der Waals surface area contributed by atoms with E-state index in [1.54, 1.807) is 52.5 Å². The zero-order valence-corrected chi connectivity index (χ0v) is 30.6. The zero-order chi connectivity index (χ0) is 36.8. The van der Waals surface area contributed by atoms with E-state index in [-0.39, 0.29) is 41.6 Å². The van der Waals surface area contributed by atoms with Crippen molar-refractivity contribution in [2.45, 2.75) is 57.8 Å². The van der Waals surface area contributed by atoms with Crippen LogP contribution in [0.15, 0.2) is 48.0 Å². The average molecular weight is 750 g/mol. The Labute approximate surface area is 295 Å². The Kier molecular flexibility index (Phi) is 10.5. The molecule has 2 atom stereocenters. The van der Waals surface area contributed by atoms with Gasteiger partial charge in [-0.15, -0.1) is 22.7 Å². The zero-order valence-electron chi connectivity index (χ0n) is 28.1. The topological polar surface area (TPSA) is 160 Å². The van der Waals surface area contributed by atoms with Crippen LogP contribution in [-0.4, -0.2) is 87.5 Å². The maximum Gasteiger partial charge on any atom is 0.399 e. The second-order valence-corrected chi connectivity index (χ2v) is 17.1. The predicted octanol–water partition coefficient (Wildman–Crippen LogP) is 5.39. The minimum absolute atomic E-state index is 0.0583. The Morgan fingerprint density at radius 2 is 1.78 bits per heavy atom. The molecule has 0 radical (unpaired) electrons. The molecule has 1 fully saturated rings. The molecule has 17 heteroatoms. The fourth-order valence-electron chi connectivity index (χ4n) is 5.81. The molecule has 5 rings (SSSR count). The summed E-state index contributed by atoms with van der Waals surface area (Å²) < 4.78 is 41.5. The first-order valence-electron chi connectivity index (χ1n) is 15.7. The number of benzene rings is 2. The summed E-state index contributed by atoms with van der Waals surface area (Å²) in [5.74, 6) is -1.64. The van der Waals surface area contributed by atoms with Crippen LogP contribution < -0.4 is 10.2 Å². The van der Waals surface area contributed by atoms with E-state index in [0.717, 1.165) is 28.2 Å². The number of hydrogen-bond donors (Lipinski definition) is 3. The highest BCUT2D eigenvalue weighted by Gasteiger charge is 2.50. The summed E-state index contributed by atoms with van der Waals surface area (Å²) in [7, 11) is -2.53. The van der Waals surface area contributed by atoms with Crippen LogP contribution in [0.5, 0.6) is 0 Å². The number of carbonyl (C=O) groups is 4. The van der Waals surface area contributed by atoms with Crippen LogP contribution in [0.2, 0.25) is 0 Å². The van der Waals surface area contributed by atoms with E-state index in [9.17, 15) is 32.5 Å². The molecule has 1 aliphatic rings. The number of alkyl halides is 2. The fourth-order valence-corrected chi connectivity index (χ4v) is 7.89. The number of anilines is 1. The largest absolute Gasteiger partial charge is 0.399 e. The Morgan fingerprint density at radius 1 is 1.08 bits per heavy atom. The van der Waals surface area contributed by atoms with Crippen molar-refractivity contribution >= 4 is 79.9 Å². The van der Waals surface area contributed by atoms with Gasteiger partial charge in [-0.1, -0.05) is 26.8 Å². The molecule has 4 amide bonds. The van der Waals surface area contributed by atoms with E-state index >= 15 is 0 Å². The second kappa shape index (κ2) is 14.1. The van der Waals surface area contributed by atoms with E-state index in [1.165, 1.54) is 38.2 Å². The summed E-state index contributed by atoms with van der Waals surface area (Å²) in [4.78, 5) is 81.9. The number of halogens is 2. The van der Waals surface area contributed by atoms with Crippen LogP contribution in [0.3, 0.4) is 0 Å². The molecule has 2 unspecified atom stereocenters. The molecule has 1 aliphatic heterocycles. The molecule has 0 bridgehead atoms. The van der Waals surface area contributed by atoms with Crippen molar-refractivity contribution in [3.05, 3.63) is 58.4 Å². The summed E-state index contributed by atoms with van der Waals surface area (Å²) in [6.07, 6.45) is 0.980. The third-order valence-corrected chi connectivity index (χ3v) is 11.5. The van der Waals surface area contributed by atoms with Crippen LogP contribution in [0.1, 0.15) is 55.3 Å². The van der Waals surface area contributed by atoms with Crippen molar-refractivity contribution in [3.8, 4) is 0 Å². The lowest BCUT2D eigenvalue weighted by Gasteiger charge is -2.36. The molecule has 3 heterocycles. The lowest BCUT2D eigenvalue weighted by molar-refractivity contribution is -0.141. The van der Waals surface area contributed by atoms with Gasteiger partial charge in [0.2, 0.25) is 17.7 Å². The van der Waals surface area contributed by atoms with Gasteiger partial charge >= 0.3 is 13.3 Å². The van der Waals surface area contributed by atoms with Gasteiger partial charge < -0.3 is 29.8 Å². The Hall–Kier alpha value is -3.82. The van der Waals surface area contributed by atoms with Crippen LogP contribution in [-0.2, 0) is 24.6 Å². The molecule has 4 aromatic rings. The van der Waals surface area contributed by atoms with Crippen LogP contribution >= 0.6 is 30.3 Å². The first-order valence-corrected chi connectivity index (χ1v) is 19.0. The summed E-state index contributed by atoms with van der Waals surface area (Å²) in [5, 5.41) is 2.97. The highest BCUT2D eigenvalue weighted by molar-refractivity contribution is 7.52. The highest BCUT2D eigenvalue weighted by atomic mass is 32.1. The monoisotopic (exact) mass is 749 g/mol. The molecule has 2 aromatic carbocycles. The number of aromatic nitrogens is 1. The summed E-state index contributed by atoms with van der Waals surface area (Å²) in [5.41, 5.74) is -3.16. The van der Waals surface area contributed by atoms with E-state index in [0.29, 0.717) is 28.7 Å². The number of rotatable bonds is 10. The van der Waals surface area contributed by atoms with E-state index in [4.69, 9.17) is 9.79 Å². The van der Waals surface area contributed by atoms with Gasteiger partial charge in [-0.2, -0.15) is 8.78 Å². The molecule has 50 heavy (non-hydrogen) atoms. The predicted molar refractivity (Wildman–Crippen MR) is 188 cm³/mol. The number of hydrogen-bond acceptors (Lipinski definition) is 8. The van der Waals surface area contributed by atoms with Crippen molar-refractivity contribution in [1.29, 1.82) is 0 Å². The molecule has 2 aromatic heterocycles. The Morgan fingerprint density at radius 3 is 2.44 bits per heavy atom. The minimum atomic E-state index is -5.79. The second-order valence-electron chi connectivity index (χ2n) is 13.4. The van der Waals surface area contributed by atoms with Crippen LogP contribution in [0, 0.1) is 5.41 Å². The Bertz CT molecular complexity index is 2000. The van der Waals surface area contributed by atoms with Crippen molar-refractivity contribution in [1.82, 2.24) is 20.1 Å². The molecule has 268 valence electrons. The lowest BCUT2D eigenvalue weighted by atomic mass is 9.85. The smallest absolute Gasteiger partial charge is 0.349 e. The summed E-state index contributed by atoms with van der Waals surface area (Å²) in [6, 6.07) is 7.90. The molecule has 0 aliphatic carbocycles. The molecule has 0 saturated carbocycles. The third kappa shape index (κ3) is 7.59. The van der Waals surface area contributed by atoms with Crippen LogP contribution in [0.25, 0.3) is 20.3 Å². The summed E-state index contributed by atoms with van der Waals surface area (Å²) in [6.45, 7) is 5.66. The normalized spacial score (nSPS) is 16.1. The summed E-state index contributed by atoms with van der Waals surface area (Å²) >= 11 is 2.43. The maximum absolute atomic E-state index is 14.4. The van der Waals surface area contributed by atoms with Crippen molar-refractivity contribution < 1.29 is 42.3 Å². The average Bonchev–Trinajstić information content (AvgIpc) is 3.81. The standard InChI is InChI=1S/C33H38F2N5O7PS2/c1-32(2,3)28(37-29(42)26-16-19-15-20(8-10-24(19)50-26)33(34,35)48(45,46)47)31(44)40-13-6-7-23(40)30(43)39(14-12-27(41)38(4)5)21-9-11-25-22(17-21)36-18-49-25/h8-11,15-18,23,28H,6-7,12-14H2,1-5H3,(H,37,42)(H2,45,46,47). The number of nitrogens with zero attached hydrogens (tertiary/aromatic N) is 4. The van der Waals surface area contributed by atoms with Gasteiger partial charge in [0.1, 0.15) is 12.1 Å².